The van der Waals surface area contributed by atoms with Crippen LogP contribution in [-0.2, 0) is 6.42 Å². The molecule has 1 heterocycles. The molecule has 1 aromatic carbocycles. The highest BCUT2D eigenvalue weighted by molar-refractivity contribution is 9.10. The van der Waals surface area contributed by atoms with Crippen LogP contribution in [0.5, 0.6) is 0 Å². The summed E-state index contributed by atoms with van der Waals surface area (Å²) in [4.78, 5) is 4.88. The maximum absolute atomic E-state index is 6.20. The average molecular weight is 354 g/mol. The molecule has 0 radical (unpaired) electrons. The van der Waals surface area contributed by atoms with Crippen LogP contribution in [0.2, 0.25) is 0 Å². The number of likely N-dealkylation sites (N-methyl/N-ethyl adjacent to an activating group) is 1. The molecule has 0 spiro atoms. The van der Waals surface area contributed by atoms with Gasteiger partial charge in [0.05, 0.1) is 0 Å². The van der Waals surface area contributed by atoms with Crippen molar-refractivity contribution in [3.63, 3.8) is 0 Å². The van der Waals surface area contributed by atoms with Gasteiger partial charge < -0.3 is 15.5 Å². The van der Waals surface area contributed by atoms with Crippen molar-refractivity contribution in [2.45, 2.75) is 44.7 Å². The number of benzene rings is 1. The van der Waals surface area contributed by atoms with Crippen molar-refractivity contribution in [3.8, 4) is 0 Å². The summed E-state index contributed by atoms with van der Waals surface area (Å²) in [5.41, 5.74) is 8.96. The van der Waals surface area contributed by atoms with Crippen LogP contribution in [0, 0.1) is 0 Å². The first-order chi connectivity index (χ1) is 10.0. The molecule has 2 unspecified atom stereocenters. The summed E-state index contributed by atoms with van der Waals surface area (Å²) < 4.78 is 1.15. The molecule has 2 N–H and O–H groups in total. The molecule has 1 aliphatic heterocycles. The highest BCUT2D eigenvalue weighted by Gasteiger charge is 2.27. The van der Waals surface area contributed by atoms with Crippen molar-refractivity contribution in [2.75, 3.05) is 32.1 Å². The van der Waals surface area contributed by atoms with Crippen LogP contribution in [0.25, 0.3) is 0 Å². The zero-order valence-electron chi connectivity index (χ0n) is 13.5. The number of hydrogen-bond donors (Lipinski definition) is 1. The van der Waals surface area contributed by atoms with Crippen LogP contribution in [0.4, 0.5) is 5.69 Å². The van der Waals surface area contributed by atoms with E-state index in [0.717, 1.165) is 30.4 Å². The van der Waals surface area contributed by atoms with E-state index in [-0.39, 0.29) is 6.04 Å². The van der Waals surface area contributed by atoms with Crippen molar-refractivity contribution >= 4 is 21.6 Å². The van der Waals surface area contributed by atoms with E-state index in [1.165, 1.54) is 24.1 Å². The van der Waals surface area contributed by atoms with Crippen LogP contribution >= 0.6 is 15.9 Å². The van der Waals surface area contributed by atoms with E-state index in [2.05, 4.69) is 64.9 Å². The number of halogens is 1. The van der Waals surface area contributed by atoms with E-state index in [1.807, 2.05) is 0 Å². The first-order valence-electron chi connectivity index (χ1n) is 7.96. The first kappa shape index (κ1) is 16.8. The third-order valence-corrected chi connectivity index (χ3v) is 4.80. The zero-order valence-corrected chi connectivity index (χ0v) is 15.1. The Labute approximate surface area is 137 Å². The lowest BCUT2D eigenvalue weighted by Crippen LogP contribution is -2.38. The van der Waals surface area contributed by atoms with Crippen molar-refractivity contribution in [1.29, 1.82) is 0 Å². The van der Waals surface area contributed by atoms with Gasteiger partial charge in [0.2, 0.25) is 0 Å². The van der Waals surface area contributed by atoms with Crippen LogP contribution in [-0.4, -0.2) is 44.2 Å². The highest BCUT2D eigenvalue weighted by atomic mass is 79.9. The van der Waals surface area contributed by atoms with Gasteiger partial charge in [0.25, 0.3) is 0 Å². The van der Waals surface area contributed by atoms with Crippen LogP contribution in [0.3, 0.4) is 0 Å². The van der Waals surface area contributed by atoms with Crippen LogP contribution in [0.15, 0.2) is 22.7 Å². The Balaban J connectivity index is 2.25. The molecule has 2 atom stereocenters. The third kappa shape index (κ3) is 4.44. The van der Waals surface area contributed by atoms with Gasteiger partial charge >= 0.3 is 0 Å². The molecule has 1 saturated heterocycles. The van der Waals surface area contributed by atoms with Crippen molar-refractivity contribution in [3.05, 3.63) is 28.2 Å². The van der Waals surface area contributed by atoms with Gasteiger partial charge in [-0.3, -0.25) is 0 Å². The van der Waals surface area contributed by atoms with Gasteiger partial charge in [-0.25, -0.2) is 0 Å². The monoisotopic (exact) mass is 353 g/mol. The molecule has 1 fully saturated rings. The lowest BCUT2D eigenvalue weighted by molar-refractivity contribution is 0.372. The molecule has 2 rings (SSSR count). The minimum Gasteiger partial charge on any atom is -0.367 e. The second kappa shape index (κ2) is 7.61. The fraction of sp³-hybridized carbons (Fsp3) is 0.647. The molecule has 1 aliphatic rings. The van der Waals surface area contributed by atoms with Gasteiger partial charge in [-0.2, -0.15) is 0 Å². The molecule has 3 nitrogen and oxygen atoms in total. The third-order valence-electron chi connectivity index (χ3n) is 4.31. The Kier molecular flexibility index (Phi) is 6.08. The van der Waals surface area contributed by atoms with Crippen LogP contribution < -0.4 is 10.6 Å². The van der Waals surface area contributed by atoms with Gasteiger partial charge in [0, 0.05) is 35.3 Å². The molecule has 0 aliphatic carbocycles. The molecule has 0 bridgehead atoms. The quantitative estimate of drug-likeness (QED) is 0.851. The number of rotatable bonds is 6. The van der Waals surface area contributed by atoms with Crippen LogP contribution in [0.1, 0.15) is 31.7 Å². The predicted octanol–water partition coefficient (Wildman–Crippen LogP) is 3.26. The van der Waals surface area contributed by atoms with Gasteiger partial charge in [-0.15, -0.1) is 0 Å². The topological polar surface area (TPSA) is 32.5 Å². The van der Waals surface area contributed by atoms with Crippen molar-refractivity contribution in [1.82, 2.24) is 4.90 Å². The number of nitrogens with two attached hydrogens (primary N) is 1. The highest BCUT2D eigenvalue weighted by Crippen LogP contribution is 2.31. The number of nitrogens with zero attached hydrogens (tertiary/aromatic N) is 2. The smallest absolute Gasteiger partial charge is 0.0417 e. The average Bonchev–Trinajstić information content (AvgIpc) is 2.86. The SMILES string of the molecule is CCC(N)Cc1cc(Br)ccc1N1CCCC1CN(C)C. The number of anilines is 1. The van der Waals surface area contributed by atoms with E-state index in [0.29, 0.717) is 6.04 Å². The minimum atomic E-state index is 0.243. The fourth-order valence-corrected chi connectivity index (χ4v) is 3.60. The number of hydrogen-bond acceptors (Lipinski definition) is 3. The molecule has 0 aromatic heterocycles. The summed E-state index contributed by atoms with van der Waals surface area (Å²) in [5.74, 6) is 0. The Morgan fingerprint density at radius 1 is 1.43 bits per heavy atom. The normalized spacial score (nSPS) is 20.3. The van der Waals surface area contributed by atoms with E-state index >= 15 is 0 Å². The Bertz CT molecular complexity index is 461. The molecular weight excluding hydrogens is 326 g/mol. The Morgan fingerprint density at radius 3 is 2.86 bits per heavy atom. The molecule has 4 heteroatoms. The van der Waals surface area contributed by atoms with Crippen molar-refractivity contribution < 1.29 is 0 Å². The molecular formula is C17H28BrN3. The van der Waals surface area contributed by atoms with Gasteiger partial charge in [-0.1, -0.05) is 22.9 Å². The molecule has 0 amide bonds. The summed E-state index contributed by atoms with van der Waals surface area (Å²) in [6, 6.07) is 7.53. The minimum absolute atomic E-state index is 0.243. The fourth-order valence-electron chi connectivity index (χ4n) is 3.19. The van der Waals surface area contributed by atoms with E-state index < -0.39 is 0 Å². The second-order valence-electron chi connectivity index (χ2n) is 6.40. The summed E-state index contributed by atoms with van der Waals surface area (Å²) in [6.45, 7) is 4.44. The lowest BCUT2D eigenvalue weighted by atomic mass is 10.0. The maximum Gasteiger partial charge on any atom is 0.0417 e. The molecule has 118 valence electrons. The second-order valence-corrected chi connectivity index (χ2v) is 7.31. The Hall–Kier alpha value is -0.580. The summed E-state index contributed by atoms with van der Waals surface area (Å²) in [6.07, 6.45) is 4.55. The summed E-state index contributed by atoms with van der Waals surface area (Å²) in [7, 11) is 4.32. The van der Waals surface area contributed by atoms with Gasteiger partial charge in [0.15, 0.2) is 0 Å². The maximum atomic E-state index is 6.20. The van der Waals surface area contributed by atoms with Gasteiger partial charge in [-0.05, 0) is 63.5 Å². The van der Waals surface area contributed by atoms with E-state index in [9.17, 15) is 0 Å². The summed E-state index contributed by atoms with van der Waals surface area (Å²) in [5, 5.41) is 0. The first-order valence-corrected chi connectivity index (χ1v) is 8.76. The lowest BCUT2D eigenvalue weighted by Gasteiger charge is -2.31. The zero-order chi connectivity index (χ0) is 15.4. The predicted molar refractivity (Wildman–Crippen MR) is 95.0 cm³/mol. The van der Waals surface area contributed by atoms with E-state index in [4.69, 9.17) is 5.73 Å². The largest absolute Gasteiger partial charge is 0.367 e. The van der Waals surface area contributed by atoms with Gasteiger partial charge in [0.1, 0.15) is 0 Å². The van der Waals surface area contributed by atoms with E-state index in [1.54, 1.807) is 0 Å². The summed E-state index contributed by atoms with van der Waals surface area (Å²) >= 11 is 3.60. The van der Waals surface area contributed by atoms with Crippen molar-refractivity contribution in [2.24, 2.45) is 5.73 Å². The Morgan fingerprint density at radius 2 is 2.19 bits per heavy atom. The molecule has 1 aromatic rings. The standard InChI is InChI=1S/C17H28BrN3/c1-4-15(19)11-13-10-14(18)7-8-17(13)21-9-5-6-16(21)12-20(2)3/h7-8,10,15-16H,4-6,9,11-12,19H2,1-3H3. The molecule has 0 saturated carbocycles. The molecule has 21 heavy (non-hydrogen) atoms.